The smallest absolute Gasteiger partial charge is 0.537 e. The average Bonchev–Trinajstić information content (AvgIpc) is 3.16. The standard InChI is InChI=1S/C24H17BNO3/c27-25-29-19-15-13-18(14-16-19)26(17-7-2-1-3-8-17)22-11-6-10-21-20-9-4-5-12-23(20)28-24(21)22/h1-16,27H. The lowest BCUT2D eigenvalue weighted by Crippen LogP contribution is -2.10. The molecule has 29 heavy (non-hydrogen) atoms. The van der Waals surface area contributed by atoms with Gasteiger partial charge in [0.25, 0.3) is 0 Å². The van der Waals surface area contributed by atoms with Crippen LogP contribution in [-0.4, -0.2) is 12.7 Å². The van der Waals surface area contributed by atoms with E-state index in [1.807, 2.05) is 66.7 Å². The van der Waals surface area contributed by atoms with Crippen LogP contribution < -0.4 is 9.55 Å². The van der Waals surface area contributed by atoms with Gasteiger partial charge >= 0.3 is 7.69 Å². The van der Waals surface area contributed by atoms with Crippen LogP contribution in [0.2, 0.25) is 0 Å². The molecule has 4 aromatic carbocycles. The van der Waals surface area contributed by atoms with Gasteiger partial charge in [-0.15, -0.1) is 0 Å². The van der Waals surface area contributed by atoms with Crippen molar-refractivity contribution in [1.82, 2.24) is 0 Å². The second kappa shape index (κ2) is 7.38. The summed E-state index contributed by atoms with van der Waals surface area (Å²) >= 11 is 0. The molecule has 1 aromatic heterocycles. The van der Waals surface area contributed by atoms with Crippen LogP contribution in [0.5, 0.6) is 5.75 Å². The molecule has 4 nitrogen and oxygen atoms in total. The maximum atomic E-state index is 8.87. The van der Waals surface area contributed by atoms with Crippen molar-refractivity contribution in [3.63, 3.8) is 0 Å². The van der Waals surface area contributed by atoms with E-state index in [4.69, 9.17) is 14.1 Å². The van der Waals surface area contributed by atoms with E-state index in [1.54, 1.807) is 0 Å². The lowest BCUT2D eigenvalue weighted by atomic mass is 10.1. The first kappa shape index (κ1) is 17.4. The first-order valence-corrected chi connectivity index (χ1v) is 9.33. The van der Waals surface area contributed by atoms with Gasteiger partial charge in [-0.3, -0.25) is 0 Å². The van der Waals surface area contributed by atoms with E-state index in [-0.39, 0.29) is 0 Å². The Balaban J connectivity index is 1.73. The highest BCUT2D eigenvalue weighted by molar-refractivity contribution is 6.17. The Labute approximate surface area is 168 Å². The third kappa shape index (κ3) is 3.11. The van der Waals surface area contributed by atoms with E-state index >= 15 is 0 Å². The van der Waals surface area contributed by atoms with Gasteiger partial charge in [0.2, 0.25) is 0 Å². The van der Waals surface area contributed by atoms with Gasteiger partial charge in [-0.2, -0.15) is 0 Å². The van der Waals surface area contributed by atoms with Crippen molar-refractivity contribution < 1.29 is 14.1 Å². The van der Waals surface area contributed by atoms with Gasteiger partial charge in [0.05, 0.1) is 5.69 Å². The first-order chi connectivity index (χ1) is 14.3. The molecule has 0 bridgehead atoms. The molecule has 1 radical (unpaired) electrons. The maximum absolute atomic E-state index is 8.87. The van der Waals surface area contributed by atoms with Crippen molar-refractivity contribution in [3.8, 4) is 5.75 Å². The Morgan fingerprint density at radius 2 is 1.38 bits per heavy atom. The molecule has 0 fully saturated rings. The summed E-state index contributed by atoms with van der Waals surface area (Å²) in [5.41, 5.74) is 4.62. The molecule has 5 heteroatoms. The average molecular weight is 378 g/mol. The van der Waals surface area contributed by atoms with Crippen molar-refractivity contribution in [2.24, 2.45) is 0 Å². The summed E-state index contributed by atoms with van der Waals surface area (Å²) in [5.74, 6) is 0.561. The lowest BCUT2D eigenvalue weighted by molar-refractivity contribution is 0.454. The van der Waals surface area contributed by atoms with E-state index in [1.165, 1.54) is 0 Å². The van der Waals surface area contributed by atoms with Crippen LogP contribution in [0.1, 0.15) is 0 Å². The van der Waals surface area contributed by atoms with Crippen molar-refractivity contribution in [1.29, 1.82) is 0 Å². The van der Waals surface area contributed by atoms with Gasteiger partial charge in [0.15, 0.2) is 5.58 Å². The fraction of sp³-hybridized carbons (Fsp3) is 0. The second-order valence-electron chi connectivity index (χ2n) is 6.64. The van der Waals surface area contributed by atoms with Crippen molar-refractivity contribution in [3.05, 3.63) is 97.1 Å². The number of rotatable bonds is 5. The quantitative estimate of drug-likeness (QED) is 0.383. The predicted octanol–water partition coefficient (Wildman–Crippen LogP) is 5.96. The Hall–Kier alpha value is -3.70. The van der Waals surface area contributed by atoms with Crippen molar-refractivity contribution >= 4 is 46.7 Å². The Morgan fingerprint density at radius 1 is 0.690 bits per heavy atom. The number of nitrogens with zero attached hydrogens (tertiary/aromatic N) is 1. The van der Waals surface area contributed by atoms with Crippen LogP contribution in [0.3, 0.4) is 0 Å². The molecule has 139 valence electrons. The SMILES string of the molecule is O[B]Oc1ccc(N(c2ccccc2)c2cccc3c2oc2ccccc23)cc1. The zero-order valence-electron chi connectivity index (χ0n) is 15.5. The topological polar surface area (TPSA) is 45.8 Å². The van der Waals surface area contributed by atoms with Crippen LogP contribution in [-0.2, 0) is 0 Å². The van der Waals surface area contributed by atoms with Gasteiger partial charge < -0.3 is 19.0 Å². The number of benzene rings is 4. The zero-order valence-corrected chi connectivity index (χ0v) is 15.5. The van der Waals surface area contributed by atoms with Crippen LogP contribution >= 0.6 is 0 Å². The molecular weight excluding hydrogens is 361 g/mol. The molecule has 0 aliphatic rings. The highest BCUT2D eigenvalue weighted by Gasteiger charge is 2.18. The summed E-state index contributed by atoms with van der Waals surface area (Å²) in [6.07, 6.45) is 0. The van der Waals surface area contributed by atoms with Gasteiger partial charge in [-0.05, 0) is 48.5 Å². The van der Waals surface area contributed by atoms with Crippen LogP contribution in [0.4, 0.5) is 17.1 Å². The molecule has 0 saturated heterocycles. The molecule has 0 unspecified atom stereocenters. The number of hydrogen-bond donors (Lipinski definition) is 1. The zero-order chi connectivity index (χ0) is 19.6. The van der Waals surface area contributed by atoms with E-state index < -0.39 is 0 Å². The summed E-state index contributed by atoms with van der Waals surface area (Å²) in [5, 5.41) is 11.0. The minimum Gasteiger partial charge on any atom is -0.537 e. The first-order valence-electron chi connectivity index (χ1n) is 9.33. The molecule has 0 spiro atoms. The molecule has 0 aliphatic heterocycles. The van der Waals surface area contributed by atoms with Crippen LogP contribution in [0.25, 0.3) is 21.9 Å². The Kier molecular flexibility index (Phi) is 4.43. The summed E-state index contributed by atoms with van der Waals surface area (Å²) in [6, 6.07) is 32.0. The fourth-order valence-corrected chi connectivity index (χ4v) is 3.65. The highest BCUT2D eigenvalue weighted by Crippen LogP contribution is 2.41. The lowest BCUT2D eigenvalue weighted by Gasteiger charge is -2.25. The van der Waals surface area contributed by atoms with Crippen molar-refractivity contribution in [2.75, 3.05) is 4.90 Å². The van der Waals surface area contributed by atoms with Gasteiger partial charge in [-0.1, -0.05) is 48.5 Å². The number of fused-ring (bicyclic) bond motifs is 3. The molecule has 5 rings (SSSR count). The molecule has 0 aliphatic carbocycles. The molecule has 0 atom stereocenters. The second-order valence-corrected chi connectivity index (χ2v) is 6.64. The fourth-order valence-electron chi connectivity index (χ4n) is 3.65. The van der Waals surface area contributed by atoms with Gasteiger partial charge in [-0.25, -0.2) is 0 Å². The van der Waals surface area contributed by atoms with E-state index in [9.17, 15) is 0 Å². The van der Waals surface area contributed by atoms with E-state index in [0.29, 0.717) is 13.4 Å². The van der Waals surface area contributed by atoms with E-state index in [0.717, 1.165) is 39.0 Å². The van der Waals surface area contributed by atoms with Crippen LogP contribution in [0.15, 0.2) is 101 Å². The summed E-state index contributed by atoms with van der Waals surface area (Å²) < 4.78 is 11.3. The minimum absolute atomic E-state index is 0.561. The molecule has 0 saturated carbocycles. The molecular formula is C24H17BNO3. The minimum atomic E-state index is 0.561. The third-order valence-corrected chi connectivity index (χ3v) is 4.92. The van der Waals surface area contributed by atoms with Gasteiger partial charge in [0, 0.05) is 22.1 Å². The van der Waals surface area contributed by atoms with Crippen LogP contribution in [0, 0.1) is 0 Å². The molecule has 1 heterocycles. The maximum Gasteiger partial charge on any atom is 0.569 e. The summed E-state index contributed by atoms with van der Waals surface area (Å²) in [6.45, 7) is 0. The predicted molar refractivity (Wildman–Crippen MR) is 117 cm³/mol. The summed E-state index contributed by atoms with van der Waals surface area (Å²) in [4.78, 5) is 2.15. The molecule has 0 amide bonds. The number of para-hydroxylation sites is 3. The third-order valence-electron chi connectivity index (χ3n) is 4.92. The van der Waals surface area contributed by atoms with Gasteiger partial charge in [0.1, 0.15) is 11.3 Å². The van der Waals surface area contributed by atoms with E-state index in [2.05, 4.69) is 35.2 Å². The number of hydrogen-bond acceptors (Lipinski definition) is 4. The normalized spacial score (nSPS) is 10.9. The molecule has 1 N–H and O–H groups in total. The largest absolute Gasteiger partial charge is 0.569 e. The number of furan rings is 1. The molecule has 5 aromatic rings. The van der Waals surface area contributed by atoms with Crippen molar-refractivity contribution in [2.45, 2.75) is 0 Å². The Bertz CT molecular complexity index is 1270. The highest BCUT2D eigenvalue weighted by atomic mass is 16.5. The monoisotopic (exact) mass is 378 g/mol. The Morgan fingerprint density at radius 3 is 2.17 bits per heavy atom. The number of anilines is 3. The summed E-state index contributed by atoms with van der Waals surface area (Å²) in [7, 11) is 0.680.